The fourth-order valence-corrected chi connectivity index (χ4v) is 3.55. The Balaban J connectivity index is 1.48. The molecule has 2 amide bonds. The molecule has 0 aliphatic heterocycles. The molecule has 0 bridgehead atoms. The average Bonchev–Trinajstić information content (AvgIpc) is 3.50. The number of aryl methyl sites for hydroxylation is 2. The normalized spacial score (nSPS) is 10.9. The number of halogens is 1. The molecule has 0 saturated heterocycles. The number of hydrogen-bond acceptors (Lipinski definition) is 5. The van der Waals surface area contributed by atoms with Gasteiger partial charge in [-0.2, -0.15) is 10.2 Å². The second-order valence-corrected chi connectivity index (χ2v) is 8.00. The van der Waals surface area contributed by atoms with Gasteiger partial charge in [-0.15, -0.1) is 0 Å². The Bertz CT molecular complexity index is 1310. The van der Waals surface area contributed by atoms with Crippen LogP contribution >= 0.6 is 11.6 Å². The van der Waals surface area contributed by atoms with E-state index in [1.54, 1.807) is 48.3 Å². The minimum Gasteiger partial charge on any atom is -0.467 e. The van der Waals surface area contributed by atoms with Crippen LogP contribution in [0.15, 0.2) is 53.3 Å². The highest BCUT2D eigenvalue weighted by molar-refractivity contribution is 6.31. The van der Waals surface area contributed by atoms with E-state index >= 15 is 0 Å². The van der Waals surface area contributed by atoms with E-state index in [9.17, 15) is 9.59 Å². The van der Waals surface area contributed by atoms with Crippen LogP contribution < -0.4 is 10.6 Å². The number of carbonyl (C=O) groups excluding carboxylic acids is 2. The van der Waals surface area contributed by atoms with Gasteiger partial charge in [0.25, 0.3) is 11.8 Å². The highest BCUT2D eigenvalue weighted by Crippen LogP contribution is 2.21. The lowest BCUT2D eigenvalue weighted by Gasteiger charge is -2.09. The highest BCUT2D eigenvalue weighted by Gasteiger charge is 2.19. The molecule has 0 aliphatic carbocycles. The molecule has 2 N–H and O–H groups in total. The summed E-state index contributed by atoms with van der Waals surface area (Å²) in [6, 6.07) is 10.7. The second-order valence-electron chi connectivity index (χ2n) is 7.62. The van der Waals surface area contributed by atoms with Gasteiger partial charge in [0.2, 0.25) is 0 Å². The van der Waals surface area contributed by atoms with Gasteiger partial charge >= 0.3 is 0 Å². The molecule has 4 rings (SSSR count). The van der Waals surface area contributed by atoms with Gasteiger partial charge in [0.15, 0.2) is 5.69 Å². The van der Waals surface area contributed by atoms with E-state index in [4.69, 9.17) is 16.0 Å². The molecule has 0 aliphatic rings. The molecule has 33 heavy (non-hydrogen) atoms. The highest BCUT2D eigenvalue weighted by atomic mass is 35.5. The van der Waals surface area contributed by atoms with Gasteiger partial charge in [0.1, 0.15) is 5.76 Å². The Labute approximate surface area is 195 Å². The molecule has 0 fully saturated rings. The lowest BCUT2D eigenvalue weighted by Crippen LogP contribution is -2.25. The van der Waals surface area contributed by atoms with Crippen LogP contribution in [0.5, 0.6) is 0 Å². The van der Waals surface area contributed by atoms with E-state index < -0.39 is 5.91 Å². The van der Waals surface area contributed by atoms with Crippen LogP contribution in [-0.2, 0) is 20.1 Å². The van der Waals surface area contributed by atoms with E-state index in [1.165, 1.54) is 10.9 Å². The largest absolute Gasteiger partial charge is 0.467 e. The number of carbonyl (C=O) groups is 2. The van der Waals surface area contributed by atoms with Gasteiger partial charge < -0.3 is 15.1 Å². The van der Waals surface area contributed by atoms with Crippen LogP contribution in [-0.4, -0.2) is 31.4 Å². The first-order valence-electron chi connectivity index (χ1n) is 10.3. The quantitative estimate of drug-likeness (QED) is 0.431. The molecule has 0 atom stereocenters. The lowest BCUT2D eigenvalue weighted by atomic mass is 10.1. The van der Waals surface area contributed by atoms with Crippen molar-refractivity contribution in [2.45, 2.75) is 26.9 Å². The maximum Gasteiger partial charge on any atom is 0.274 e. The third-order valence-corrected chi connectivity index (χ3v) is 5.66. The number of benzene rings is 1. The van der Waals surface area contributed by atoms with E-state index in [1.807, 2.05) is 19.9 Å². The number of nitrogens with one attached hydrogen (secondary N) is 2. The first-order chi connectivity index (χ1) is 15.8. The smallest absolute Gasteiger partial charge is 0.274 e. The summed E-state index contributed by atoms with van der Waals surface area (Å²) in [5, 5.41) is 14.8. The Hall–Kier alpha value is -3.85. The monoisotopic (exact) mass is 466 g/mol. The van der Waals surface area contributed by atoms with Gasteiger partial charge in [0.05, 0.1) is 41.5 Å². The number of aromatic nitrogens is 4. The molecule has 10 heteroatoms. The number of hydrogen-bond donors (Lipinski definition) is 2. The molecule has 4 aromatic rings. The molecule has 3 aromatic heterocycles. The summed E-state index contributed by atoms with van der Waals surface area (Å²) in [5.74, 6) is -0.153. The Kier molecular flexibility index (Phi) is 6.32. The number of anilines is 1. The van der Waals surface area contributed by atoms with E-state index in [2.05, 4.69) is 20.8 Å². The van der Waals surface area contributed by atoms with Crippen molar-refractivity contribution in [1.29, 1.82) is 0 Å². The van der Waals surface area contributed by atoms with Crippen LogP contribution in [0, 0.1) is 13.8 Å². The van der Waals surface area contributed by atoms with Crippen molar-refractivity contribution in [1.82, 2.24) is 24.9 Å². The van der Waals surface area contributed by atoms with Crippen LogP contribution in [0.25, 0.3) is 0 Å². The Morgan fingerprint density at radius 2 is 1.94 bits per heavy atom. The third kappa shape index (κ3) is 4.98. The molecule has 0 saturated carbocycles. The van der Waals surface area contributed by atoms with Gasteiger partial charge in [-0.3, -0.25) is 19.0 Å². The summed E-state index contributed by atoms with van der Waals surface area (Å²) in [5.41, 5.74) is 3.40. The van der Waals surface area contributed by atoms with Gasteiger partial charge in [-0.05, 0) is 43.7 Å². The summed E-state index contributed by atoms with van der Waals surface area (Å²) in [7, 11) is 1.68. The SMILES string of the molecule is Cc1nn(Cc2cccc(C(=O)Nc3cn(C)nc3C(=O)NCc3ccco3)c2)c(C)c1Cl. The lowest BCUT2D eigenvalue weighted by molar-refractivity contribution is 0.0943. The summed E-state index contributed by atoms with van der Waals surface area (Å²) in [6.45, 7) is 4.45. The van der Waals surface area contributed by atoms with Crippen molar-refractivity contribution in [3.05, 3.63) is 87.8 Å². The van der Waals surface area contributed by atoms with Crippen molar-refractivity contribution in [3.8, 4) is 0 Å². The Morgan fingerprint density at radius 1 is 1.12 bits per heavy atom. The van der Waals surface area contributed by atoms with Gasteiger partial charge in [-0.1, -0.05) is 23.7 Å². The van der Waals surface area contributed by atoms with Crippen LogP contribution in [0.3, 0.4) is 0 Å². The predicted octanol–water partition coefficient (Wildman–Crippen LogP) is 3.71. The van der Waals surface area contributed by atoms with Crippen LogP contribution in [0.4, 0.5) is 5.69 Å². The molecule has 0 spiro atoms. The van der Waals surface area contributed by atoms with Crippen molar-refractivity contribution in [2.24, 2.45) is 7.05 Å². The molecule has 170 valence electrons. The van der Waals surface area contributed by atoms with Crippen LogP contribution in [0.2, 0.25) is 5.02 Å². The zero-order valence-electron chi connectivity index (χ0n) is 18.4. The zero-order valence-corrected chi connectivity index (χ0v) is 19.2. The second kappa shape index (κ2) is 9.33. The van der Waals surface area contributed by atoms with Crippen molar-refractivity contribution < 1.29 is 14.0 Å². The fraction of sp³-hybridized carbons (Fsp3) is 0.217. The molecule has 1 aromatic carbocycles. The van der Waals surface area contributed by atoms with E-state index in [-0.39, 0.29) is 18.1 Å². The fourth-order valence-electron chi connectivity index (χ4n) is 3.42. The maximum atomic E-state index is 12.9. The van der Waals surface area contributed by atoms with Crippen molar-refractivity contribution in [3.63, 3.8) is 0 Å². The first-order valence-corrected chi connectivity index (χ1v) is 10.6. The number of nitrogens with zero attached hydrogens (tertiary/aromatic N) is 4. The Morgan fingerprint density at radius 3 is 2.64 bits per heavy atom. The number of furan rings is 1. The van der Waals surface area contributed by atoms with Gasteiger partial charge in [-0.25, -0.2) is 0 Å². The maximum absolute atomic E-state index is 12.9. The topological polar surface area (TPSA) is 107 Å². The average molecular weight is 467 g/mol. The molecular weight excluding hydrogens is 444 g/mol. The zero-order chi connectivity index (χ0) is 23.5. The minimum atomic E-state index is -0.419. The summed E-state index contributed by atoms with van der Waals surface area (Å²) in [4.78, 5) is 25.5. The van der Waals surface area contributed by atoms with Crippen molar-refractivity contribution in [2.75, 3.05) is 5.32 Å². The molecule has 9 nitrogen and oxygen atoms in total. The van der Waals surface area contributed by atoms with Crippen LogP contribution in [0.1, 0.15) is 43.6 Å². The van der Waals surface area contributed by atoms with Gasteiger partial charge in [0, 0.05) is 18.8 Å². The molecule has 0 radical (unpaired) electrons. The van der Waals surface area contributed by atoms with E-state index in [0.29, 0.717) is 28.6 Å². The molecule has 3 heterocycles. The van der Waals surface area contributed by atoms with E-state index in [0.717, 1.165) is 17.0 Å². The number of rotatable bonds is 7. The summed E-state index contributed by atoms with van der Waals surface area (Å²) >= 11 is 6.24. The predicted molar refractivity (Wildman–Crippen MR) is 123 cm³/mol. The van der Waals surface area contributed by atoms with Crippen molar-refractivity contribution >= 4 is 29.1 Å². The minimum absolute atomic E-state index is 0.117. The standard InChI is InChI=1S/C23H23ClN6O3/c1-14-20(24)15(2)30(27-14)12-16-6-4-7-17(10-16)22(31)26-19-13-29(3)28-21(19)23(32)25-11-18-8-5-9-33-18/h4-10,13H,11-12H2,1-3H3,(H,25,32)(H,26,31). The summed E-state index contributed by atoms with van der Waals surface area (Å²) < 4.78 is 8.50. The number of amides is 2. The third-order valence-electron chi connectivity index (χ3n) is 5.11. The first kappa shape index (κ1) is 22.3. The molecular formula is C23H23ClN6O3. The molecule has 0 unspecified atom stereocenters. The summed E-state index contributed by atoms with van der Waals surface area (Å²) in [6.07, 6.45) is 3.12.